The number of carbonyl (C=O) groups is 1. The first-order valence-electron chi connectivity index (χ1n) is 9.40. The Balaban J connectivity index is 2.07. The highest BCUT2D eigenvalue weighted by atomic mass is 32.2. The van der Waals surface area contributed by atoms with Gasteiger partial charge in [0.05, 0.1) is 25.7 Å². The summed E-state index contributed by atoms with van der Waals surface area (Å²) >= 11 is 0. The van der Waals surface area contributed by atoms with Gasteiger partial charge in [-0.25, -0.2) is 13.1 Å². The predicted molar refractivity (Wildman–Crippen MR) is 114 cm³/mol. The molecule has 0 aromatic heterocycles. The third kappa shape index (κ3) is 6.19. The van der Waals surface area contributed by atoms with Crippen LogP contribution in [0.1, 0.15) is 21.5 Å². The second-order valence-electron chi connectivity index (χ2n) is 6.56. The number of nitrogens with one attached hydrogen (secondary N) is 2. The zero-order valence-electron chi connectivity index (χ0n) is 17.7. The van der Waals surface area contributed by atoms with Crippen LogP contribution in [0, 0.1) is 6.92 Å². The quantitative estimate of drug-likeness (QED) is 0.522. The highest BCUT2D eigenvalue weighted by molar-refractivity contribution is 7.89. The highest BCUT2D eigenvalue weighted by Gasteiger charge is 2.18. The molecular formula is C21H28N2O6S. The fourth-order valence-electron chi connectivity index (χ4n) is 2.82. The van der Waals surface area contributed by atoms with Gasteiger partial charge in [-0.15, -0.1) is 0 Å². The molecule has 0 aliphatic rings. The van der Waals surface area contributed by atoms with E-state index in [0.29, 0.717) is 42.2 Å². The Morgan fingerprint density at radius 3 is 2.37 bits per heavy atom. The average Bonchev–Trinajstić information content (AvgIpc) is 2.73. The minimum atomic E-state index is -3.77. The Bertz CT molecular complexity index is 975. The van der Waals surface area contributed by atoms with Crippen LogP contribution in [0.2, 0.25) is 0 Å². The van der Waals surface area contributed by atoms with Gasteiger partial charge in [0.2, 0.25) is 10.0 Å². The number of hydrogen-bond donors (Lipinski definition) is 2. The number of aryl methyl sites for hydroxylation is 1. The van der Waals surface area contributed by atoms with Crippen LogP contribution in [-0.2, 0) is 21.2 Å². The van der Waals surface area contributed by atoms with Crippen molar-refractivity contribution < 1.29 is 27.4 Å². The van der Waals surface area contributed by atoms with Crippen molar-refractivity contribution in [1.29, 1.82) is 0 Å². The summed E-state index contributed by atoms with van der Waals surface area (Å²) in [7, 11) is 0.874. The molecule has 1 amide bonds. The van der Waals surface area contributed by atoms with Crippen molar-refractivity contribution in [1.82, 2.24) is 10.0 Å². The van der Waals surface area contributed by atoms with Crippen LogP contribution in [0.5, 0.6) is 11.5 Å². The van der Waals surface area contributed by atoms with E-state index in [0.717, 1.165) is 5.56 Å². The molecule has 30 heavy (non-hydrogen) atoms. The van der Waals surface area contributed by atoms with Crippen LogP contribution in [0.3, 0.4) is 0 Å². The molecule has 0 atom stereocenters. The smallest absolute Gasteiger partial charge is 0.251 e. The van der Waals surface area contributed by atoms with E-state index in [2.05, 4.69) is 10.0 Å². The van der Waals surface area contributed by atoms with E-state index >= 15 is 0 Å². The maximum absolute atomic E-state index is 12.7. The first kappa shape index (κ1) is 23.7. The molecule has 164 valence electrons. The fourth-order valence-corrected chi connectivity index (χ4v) is 3.88. The summed E-state index contributed by atoms with van der Waals surface area (Å²) in [5, 5.41) is 2.70. The van der Waals surface area contributed by atoms with Gasteiger partial charge in [0.15, 0.2) is 11.5 Å². The van der Waals surface area contributed by atoms with Gasteiger partial charge in [-0.1, -0.05) is 12.1 Å². The lowest BCUT2D eigenvalue weighted by molar-refractivity contribution is 0.0936. The number of methoxy groups -OCH3 is 3. The Labute approximate surface area is 177 Å². The number of amides is 1. The van der Waals surface area contributed by atoms with Crippen molar-refractivity contribution in [2.45, 2.75) is 18.2 Å². The molecule has 0 spiro atoms. The minimum absolute atomic E-state index is 0.0392. The Kier molecular flexibility index (Phi) is 8.64. The fraction of sp³-hybridized carbons (Fsp3) is 0.381. The van der Waals surface area contributed by atoms with Crippen LogP contribution in [0.25, 0.3) is 0 Å². The molecule has 8 nitrogen and oxygen atoms in total. The van der Waals surface area contributed by atoms with Crippen molar-refractivity contribution in [2.75, 3.05) is 41.0 Å². The summed E-state index contributed by atoms with van der Waals surface area (Å²) < 4.78 is 43.3. The topological polar surface area (TPSA) is 103 Å². The predicted octanol–water partition coefficient (Wildman–Crippen LogP) is 1.91. The SMILES string of the molecule is COCCNC(=O)c1cc(S(=O)(=O)NCCc2ccc(OC)c(OC)c2)ccc1C. The van der Waals surface area contributed by atoms with Crippen molar-refractivity contribution in [3.8, 4) is 11.5 Å². The van der Waals surface area contributed by atoms with E-state index in [9.17, 15) is 13.2 Å². The molecule has 0 saturated heterocycles. The molecule has 2 aromatic rings. The standard InChI is InChI=1S/C21H28N2O6S/c1-15-5-7-17(14-18(15)21(24)22-11-12-27-2)30(25,26)23-10-9-16-6-8-19(28-3)20(13-16)29-4/h5-8,13-14,23H,9-12H2,1-4H3,(H,22,24). The Hall–Kier alpha value is -2.62. The van der Waals surface area contributed by atoms with Gasteiger partial charge in [-0.05, 0) is 48.7 Å². The van der Waals surface area contributed by atoms with Gasteiger partial charge in [0.1, 0.15) is 0 Å². The summed E-state index contributed by atoms with van der Waals surface area (Å²) in [6, 6.07) is 9.92. The number of hydrogen-bond acceptors (Lipinski definition) is 6. The summed E-state index contributed by atoms with van der Waals surface area (Å²) in [5.41, 5.74) is 1.90. The van der Waals surface area contributed by atoms with Crippen molar-refractivity contribution in [3.05, 3.63) is 53.1 Å². The van der Waals surface area contributed by atoms with Crippen LogP contribution in [0.15, 0.2) is 41.3 Å². The third-order valence-corrected chi connectivity index (χ3v) is 5.97. The van der Waals surface area contributed by atoms with E-state index in [4.69, 9.17) is 14.2 Å². The Morgan fingerprint density at radius 1 is 0.967 bits per heavy atom. The maximum atomic E-state index is 12.7. The third-order valence-electron chi connectivity index (χ3n) is 4.51. The molecule has 0 unspecified atom stereocenters. The molecular weight excluding hydrogens is 408 g/mol. The number of rotatable bonds is 11. The molecule has 0 fully saturated rings. The lowest BCUT2D eigenvalue weighted by atomic mass is 10.1. The molecule has 2 N–H and O–H groups in total. The number of carbonyl (C=O) groups excluding carboxylic acids is 1. The summed E-state index contributed by atoms with van der Waals surface area (Å²) in [5.74, 6) is 0.852. The molecule has 9 heteroatoms. The van der Waals surface area contributed by atoms with Gasteiger partial charge >= 0.3 is 0 Å². The summed E-state index contributed by atoms with van der Waals surface area (Å²) in [6.45, 7) is 2.67. The number of ether oxygens (including phenoxy) is 3. The molecule has 0 aliphatic carbocycles. The van der Waals surface area contributed by atoms with Crippen molar-refractivity contribution in [2.24, 2.45) is 0 Å². The maximum Gasteiger partial charge on any atom is 0.251 e. The monoisotopic (exact) mass is 436 g/mol. The molecule has 0 aliphatic heterocycles. The first-order valence-corrected chi connectivity index (χ1v) is 10.9. The molecule has 2 aromatic carbocycles. The van der Waals surface area contributed by atoms with Crippen molar-refractivity contribution in [3.63, 3.8) is 0 Å². The highest BCUT2D eigenvalue weighted by Crippen LogP contribution is 2.27. The molecule has 0 saturated carbocycles. The van der Waals surface area contributed by atoms with E-state index < -0.39 is 10.0 Å². The van der Waals surface area contributed by atoms with E-state index in [1.54, 1.807) is 33.3 Å². The van der Waals surface area contributed by atoms with E-state index in [1.165, 1.54) is 19.2 Å². The first-order chi connectivity index (χ1) is 14.3. The summed E-state index contributed by atoms with van der Waals surface area (Å²) in [6.07, 6.45) is 0.468. The molecule has 2 rings (SSSR count). The molecule has 0 heterocycles. The minimum Gasteiger partial charge on any atom is -0.493 e. The molecule has 0 bridgehead atoms. The van der Waals surface area contributed by atoms with Crippen LogP contribution in [0.4, 0.5) is 0 Å². The van der Waals surface area contributed by atoms with Crippen LogP contribution < -0.4 is 19.5 Å². The lowest BCUT2D eigenvalue weighted by Crippen LogP contribution is -2.29. The zero-order chi connectivity index (χ0) is 22.1. The van der Waals surface area contributed by atoms with Crippen LogP contribution >= 0.6 is 0 Å². The largest absolute Gasteiger partial charge is 0.493 e. The second kappa shape index (κ2) is 11.0. The van der Waals surface area contributed by atoms with Gasteiger partial charge in [-0.2, -0.15) is 0 Å². The summed E-state index contributed by atoms with van der Waals surface area (Å²) in [4.78, 5) is 12.4. The number of sulfonamides is 1. The normalized spacial score (nSPS) is 11.2. The van der Waals surface area contributed by atoms with Gasteiger partial charge in [-0.3, -0.25) is 4.79 Å². The van der Waals surface area contributed by atoms with Gasteiger partial charge in [0, 0.05) is 25.8 Å². The van der Waals surface area contributed by atoms with Gasteiger partial charge in [0.25, 0.3) is 5.91 Å². The van der Waals surface area contributed by atoms with Crippen molar-refractivity contribution >= 4 is 15.9 Å². The average molecular weight is 437 g/mol. The zero-order valence-corrected chi connectivity index (χ0v) is 18.5. The second-order valence-corrected chi connectivity index (χ2v) is 8.33. The van der Waals surface area contributed by atoms with Crippen LogP contribution in [-0.4, -0.2) is 55.4 Å². The van der Waals surface area contributed by atoms with E-state index in [-0.39, 0.29) is 17.3 Å². The molecule has 0 radical (unpaired) electrons. The Morgan fingerprint density at radius 2 is 1.70 bits per heavy atom. The van der Waals surface area contributed by atoms with Gasteiger partial charge < -0.3 is 19.5 Å². The van der Waals surface area contributed by atoms with E-state index in [1.807, 2.05) is 12.1 Å². The lowest BCUT2D eigenvalue weighted by Gasteiger charge is -2.12. The number of benzene rings is 2.